The zero-order valence-corrected chi connectivity index (χ0v) is 9.15. The fraction of sp³-hybridized carbons (Fsp3) is 0.417. The van der Waals surface area contributed by atoms with Gasteiger partial charge in [0.1, 0.15) is 6.54 Å². The van der Waals surface area contributed by atoms with Crippen LogP contribution in [0.5, 0.6) is 0 Å². The van der Waals surface area contributed by atoms with E-state index < -0.39 is 0 Å². The molecular weight excluding hydrogens is 202 g/mol. The fourth-order valence-corrected chi connectivity index (χ4v) is 1.75. The quantitative estimate of drug-likeness (QED) is 0.779. The van der Waals surface area contributed by atoms with E-state index in [2.05, 4.69) is 28.4 Å². The first-order chi connectivity index (χ1) is 7.90. The molecule has 1 heterocycles. The Bertz CT molecular complexity index is 363. The first-order valence-electron chi connectivity index (χ1n) is 5.44. The first kappa shape index (κ1) is 10.8. The monoisotopic (exact) mass is 217 g/mol. The molecule has 1 aromatic carbocycles. The summed E-state index contributed by atoms with van der Waals surface area (Å²) in [6, 6.07) is 10.2. The molecule has 1 aromatic rings. The number of hydrogen-bond acceptors (Lipinski definition) is 4. The van der Waals surface area contributed by atoms with Crippen molar-refractivity contribution in [2.24, 2.45) is 0 Å². The Morgan fingerprint density at radius 1 is 1.25 bits per heavy atom. The first-order valence-corrected chi connectivity index (χ1v) is 5.44. The molecule has 1 saturated heterocycles. The van der Waals surface area contributed by atoms with Gasteiger partial charge in [-0.2, -0.15) is 5.26 Å². The summed E-state index contributed by atoms with van der Waals surface area (Å²) in [4.78, 5) is 2.30. The third-order valence-electron chi connectivity index (χ3n) is 2.62. The zero-order valence-electron chi connectivity index (χ0n) is 9.15. The molecule has 0 aliphatic carbocycles. The fourth-order valence-electron chi connectivity index (χ4n) is 1.75. The standard InChI is InChI=1S/C12H15N3O/c13-5-6-14-11-1-3-12(4-2-11)15-7-9-16-10-8-15/h1-4,14H,6-10H2. The molecule has 1 fully saturated rings. The Kier molecular flexibility index (Phi) is 3.62. The highest BCUT2D eigenvalue weighted by Crippen LogP contribution is 2.18. The van der Waals surface area contributed by atoms with E-state index in [4.69, 9.17) is 10.00 Å². The van der Waals surface area contributed by atoms with Crippen molar-refractivity contribution in [2.75, 3.05) is 43.1 Å². The second kappa shape index (κ2) is 5.38. The minimum atomic E-state index is 0.344. The van der Waals surface area contributed by atoms with Gasteiger partial charge >= 0.3 is 0 Å². The minimum absolute atomic E-state index is 0.344. The van der Waals surface area contributed by atoms with E-state index in [1.165, 1.54) is 5.69 Å². The molecule has 0 aromatic heterocycles. The van der Waals surface area contributed by atoms with Crippen molar-refractivity contribution in [1.82, 2.24) is 0 Å². The number of morpholine rings is 1. The molecule has 2 rings (SSSR count). The van der Waals surface area contributed by atoms with Crippen LogP contribution in [0.1, 0.15) is 0 Å². The Morgan fingerprint density at radius 2 is 1.94 bits per heavy atom. The van der Waals surface area contributed by atoms with Crippen molar-refractivity contribution in [2.45, 2.75) is 0 Å². The van der Waals surface area contributed by atoms with Crippen LogP contribution in [0.2, 0.25) is 0 Å². The van der Waals surface area contributed by atoms with Crippen molar-refractivity contribution in [3.8, 4) is 6.07 Å². The summed E-state index contributed by atoms with van der Waals surface area (Å²) in [5.74, 6) is 0. The molecule has 0 saturated carbocycles. The van der Waals surface area contributed by atoms with Crippen LogP contribution in [0.4, 0.5) is 11.4 Å². The molecule has 1 N–H and O–H groups in total. The maximum absolute atomic E-state index is 8.45. The van der Waals surface area contributed by atoms with Crippen LogP contribution in [-0.4, -0.2) is 32.8 Å². The molecule has 16 heavy (non-hydrogen) atoms. The van der Waals surface area contributed by atoms with E-state index in [1.54, 1.807) is 0 Å². The molecule has 0 unspecified atom stereocenters. The maximum Gasteiger partial charge on any atom is 0.103 e. The second-order valence-electron chi connectivity index (χ2n) is 3.66. The lowest BCUT2D eigenvalue weighted by Crippen LogP contribution is -2.36. The van der Waals surface area contributed by atoms with Gasteiger partial charge in [0.15, 0.2) is 0 Å². The van der Waals surface area contributed by atoms with Gasteiger partial charge in [0.05, 0.1) is 19.3 Å². The number of benzene rings is 1. The largest absolute Gasteiger partial charge is 0.378 e. The highest BCUT2D eigenvalue weighted by molar-refractivity contribution is 5.55. The van der Waals surface area contributed by atoms with Crippen LogP contribution >= 0.6 is 0 Å². The molecule has 0 bridgehead atoms. The summed E-state index contributed by atoms with van der Waals surface area (Å²) >= 11 is 0. The van der Waals surface area contributed by atoms with Crippen LogP contribution in [0.15, 0.2) is 24.3 Å². The lowest BCUT2D eigenvalue weighted by Gasteiger charge is -2.28. The average molecular weight is 217 g/mol. The van der Waals surface area contributed by atoms with Crippen LogP contribution in [-0.2, 0) is 4.74 Å². The van der Waals surface area contributed by atoms with Gasteiger partial charge in [-0.05, 0) is 24.3 Å². The summed E-state index contributed by atoms with van der Waals surface area (Å²) in [5.41, 5.74) is 2.20. The molecule has 4 nitrogen and oxygen atoms in total. The average Bonchev–Trinajstić information content (AvgIpc) is 2.38. The predicted octanol–water partition coefficient (Wildman–Crippen LogP) is 1.46. The Balaban J connectivity index is 1.98. The van der Waals surface area contributed by atoms with Gasteiger partial charge in [0.25, 0.3) is 0 Å². The highest BCUT2D eigenvalue weighted by atomic mass is 16.5. The minimum Gasteiger partial charge on any atom is -0.378 e. The van der Waals surface area contributed by atoms with Crippen molar-refractivity contribution in [3.63, 3.8) is 0 Å². The molecule has 0 amide bonds. The number of nitriles is 1. The van der Waals surface area contributed by atoms with Gasteiger partial charge in [-0.15, -0.1) is 0 Å². The van der Waals surface area contributed by atoms with Crippen molar-refractivity contribution < 1.29 is 4.74 Å². The molecule has 0 atom stereocenters. The molecule has 84 valence electrons. The molecule has 0 spiro atoms. The number of nitrogens with zero attached hydrogens (tertiary/aromatic N) is 2. The van der Waals surface area contributed by atoms with Gasteiger partial charge in [-0.1, -0.05) is 0 Å². The van der Waals surface area contributed by atoms with Gasteiger partial charge in [-0.3, -0.25) is 0 Å². The molecule has 0 radical (unpaired) electrons. The molecule has 1 aliphatic heterocycles. The van der Waals surface area contributed by atoms with Gasteiger partial charge < -0.3 is 15.0 Å². The SMILES string of the molecule is N#CCNc1ccc(N2CCOCC2)cc1. The predicted molar refractivity (Wildman–Crippen MR) is 63.6 cm³/mol. The van der Waals surface area contributed by atoms with Crippen LogP contribution in [0.25, 0.3) is 0 Å². The van der Waals surface area contributed by atoms with Gasteiger partial charge in [0, 0.05) is 24.5 Å². The Labute approximate surface area is 95.4 Å². The van der Waals surface area contributed by atoms with Crippen molar-refractivity contribution in [3.05, 3.63) is 24.3 Å². The number of nitrogens with one attached hydrogen (secondary N) is 1. The second-order valence-corrected chi connectivity index (χ2v) is 3.66. The third-order valence-corrected chi connectivity index (χ3v) is 2.62. The van der Waals surface area contributed by atoms with E-state index in [1.807, 2.05) is 12.1 Å². The smallest absolute Gasteiger partial charge is 0.103 e. The van der Waals surface area contributed by atoms with E-state index in [-0.39, 0.29) is 0 Å². The van der Waals surface area contributed by atoms with E-state index in [0.29, 0.717) is 6.54 Å². The topological polar surface area (TPSA) is 48.3 Å². The number of anilines is 2. The summed E-state index contributed by atoms with van der Waals surface area (Å²) in [5, 5.41) is 11.5. The molecule has 1 aliphatic rings. The van der Waals surface area contributed by atoms with Crippen LogP contribution in [0.3, 0.4) is 0 Å². The van der Waals surface area contributed by atoms with Crippen LogP contribution < -0.4 is 10.2 Å². The maximum atomic E-state index is 8.45. The summed E-state index contributed by atoms with van der Waals surface area (Å²) in [6.45, 7) is 3.84. The van der Waals surface area contributed by atoms with Crippen LogP contribution in [0, 0.1) is 11.3 Å². The summed E-state index contributed by atoms with van der Waals surface area (Å²) in [6.07, 6.45) is 0. The Morgan fingerprint density at radius 3 is 2.56 bits per heavy atom. The Hall–Kier alpha value is -1.73. The van der Waals surface area contributed by atoms with Crippen molar-refractivity contribution >= 4 is 11.4 Å². The third kappa shape index (κ3) is 2.65. The normalized spacial score (nSPS) is 15.6. The van der Waals surface area contributed by atoms with Gasteiger partial charge in [0.2, 0.25) is 0 Å². The zero-order chi connectivity index (χ0) is 11.2. The highest BCUT2D eigenvalue weighted by Gasteiger charge is 2.10. The number of hydrogen-bond donors (Lipinski definition) is 1. The van der Waals surface area contributed by atoms with E-state index in [9.17, 15) is 0 Å². The lowest BCUT2D eigenvalue weighted by molar-refractivity contribution is 0.122. The van der Waals surface area contributed by atoms with Gasteiger partial charge in [-0.25, -0.2) is 0 Å². The van der Waals surface area contributed by atoms with Crippen molar-refractivity contribution in [1.29, 1.82) is 5.26 Å². The molecular formula is C12H15N3O. The lowest BCUT2D eigenvalue weighted by atomic mass is 10.2. The number of ether oxygens (including phenoxy) is 1. The number of rotatable bonds is 3. The summed E-state index contributed by atoms with van der Waals surface area (Å²) < 4.78 is 5.31. The van der Waals surface area contributed by atoms with E-state index in [0.717, 1.165) is 32.0 Å². The van der Waals surface area contributed by atoms with E-state index >= 15 is 0 Å². The summed E-state index contributed by atoms with van der Waals surface area (Å²) in [7, 11) is 0. The molecule has 4 heteroatoms.